The van der Waals surface area contributed by atoms with Gasteiger partial charge in [-0.1, -0.05) is 12.1 Å². The van der Waals surface area contributed by atoms with Crippen LogP contribution in [-0.2, 0) is 0 Å². The Bertz CT molecular complexity index is 1240. The molecule has 2 aromatic carbocycles. The summed E-state index contributed by atoms with van der Waals surface area (Å²) in [4.78, 5) is 12.3. The number of fused-ring (bicyclic) bond motifs is 1. The van der Waals surface area contributed by atoms with E-state index in [2.05, 4.69) is 30.7 Å². The SMILES string of the molecule is Cc1nnc2ccc(-c3cccc(NC(=O)Nc4ccc(OC(F)(F)F)cc4)c3)nn12. The van der Waals surface area contributed by atoms with E-state index in [4.69, 9.17) is 0 Å². The molecule has 0 radical (unpaired) electrons. The van der Waals surface area contributed by atoms with Crippen molar-refractivity contribution in [3.05, 3.63) is 66.5 Å². The lowest BCUT2D eigenvalue weighted by atomic mass is 10.1. The van der Waals surface area contributed by atoms with Crippen molar-refractivity contribution in [2.24, 2.45) is 0 Å². The van der Waals surface area contributed by atoms with Gasteiger partial charge >= 0.3 is 12.4 Å². The Labute approximate surface area is 173 Å². The summed E-state index contributed by atoms with van der Waals surface area (Å²) in [5, 5.41) is 17.7. The summed E-state index contributed by atoms with van der Waals surface area (Å²) in [5.41, 5.74) is 2.87. The third kappa shape index (κ3) is 4.89. The summed E-state index contributed by atoms with van der Waals surface area (Å²) >= 11 is 0. The number of ether oxygens (including phenoxy) is 1. The van der Waals surface area contributed by atoms with Crippen LogP contribution in [0.4, 0.5) is 29.3 Å². The van der Waals surface area contributed by atoms with Gasteiger partial charge in [-0.25, -0.2) is 4.79 Å². The van der Waals surface area contributed by atoms with Gasteiger partial charge in [-0.15, -0.1) is 23.4 Å². The van der Waals surface area contributed by atoms with Crippen LogP contribution in [0.15, 0.2) is 60.7 Å². The first-order valence-electron chi connectivity index (χ1n) is 9.00. The lowest BCUT2D eigenvalue weighted by molar-refractivity contribution is -0.274. The second kappa shape index (κ2) is 7.94. The highest BCUT2D eigenvalue weighted by atomic mass is 19.4. The Morgan fingerprint density at radius 3 is 2.45 bits per heavy atom. The van der Waals surface area contributed by atoms with Crippen LogP contribution in [0.1, 0.15) is 5.82 Å². The van der Waals surface area contributed by atoms with Crippen LogP contribution >= 0.6 is 0 Å². The van der Waals surface area contributed by atoms with Crippen molar-refractivity contribution < 1.29 is 22.7 Å². The maximum absolute atomic E-state index is 12.3. The molecule has 0 saturated heterocycles. The molecule has 0 saturated carbocycles. The van der Waals surface area contributed by atoms with Gasteiger partial charge in [-0.05, 0) is 55.5 Å². The number of carbonyl (C=O) groups is 1. The number of halogens is 3. The molecule has 2 N–H and O–H groups in total. The third-order valence-corrected chi connectivity index (χ3v) is 4.18. The van der Waals surface area contributed by atoms with Gasteiger partial charge in [0.15, 0.2) is 11.5 Å². The van der Waals surface area contributed by atoms with E-state index in [0.717, 1.165) is 17.7 Å². The van der Waals surface area contributed by atoms with Gasteiger partial charge in [0.2, 0.25) is 0 Å². The molecule has 2 aromatic heterocycles. The molecule has 2 heterocycles. The molecular formula is C20H15F3N6O2. The maximum atomic E-state index is 12.3. The average molecular weight is 428 g/mol. The second-order valence-electron chi connectivity index (χ2n) is 6.47. The number of alkyl halides is 3. The van der Waals surface area contributed by atoms with Crippen molar-refractivity contribution in [3.63, 3.8) is 0 Å². The molecule has 31 heavy (non-hydrogen) atoms. The molecule has 0 aliphatic rings. The third-order valence-electron chi connectivity index (χ3n) is 4.18. The van der Waals surface area contributed by atoms with Gasteiger partial charge in [-0.3, -0.25) is 0 Å². The molecule has 0 atom stereocenters. The number of benzene rings is 2. The Morgan fingerprint density at radius 1 is 0.968 bits per heavy atom. The predicted octanol–water partition coefficient (Wildman–Crippen LogP) is 4.64. The smallest absolute Gasteiger partial charge is 0.406 e. The monoisotopic (exact) mass is 428 g/mol. The van der Waals surface area contributed by atoms with Crippen molar-refractivity contribution in [3.8, 4) is 17.0 Å². The van der Waals surface area contributed by atoms with Crippen LogP contribution in [0, 0.1) is 6.92 Å². The summed E-state index contributed by atoms with van der Waals surface area (Å²) in [6.45, 7) is 1.79. The molecule has 0 unspecified atom stereocenters. The number of rotatable bonds is 4. The van der Waals surface area contributed by atoms with Crippen molar-refractivity contribution in [1.29, 1.82) is 0 Å². The molecule has 2 amide bonds. The van der Waals surface area contributed by atoms with E-state index < -0.39 is 12.4 Å². The quantitative estimate of drug-likeness (QED) is 0.494. The first-order chi connectivity index (χ1) is 14.8. The van der Waals surface area contributed by atoms with Crippen molar-refractivity contribution in [1.82, 2.24) is 19.8 Å². The highest BCUT2D eigenvalue weighted by molar-refractivity contribution is 6.00. The fourth-order valence-corrected chi connectivity index (χ4v) is 2.84. The zero-order valence-electron chi connectivity index (χ0n) is 16.0. The van der Waals surface area contributed by atoms with Gasteiger partial charge in [0.1, 0.15) is 5.75 Å². The van der Waals surface area contributed by atoms with E-state index in [0.29, 0.717) is 28.5 Å². The molecule has 4 rings (SSSR count). The fraction of sp³-hybridized carbons (Fsp3) is 0.100. The molecule has 0 spiro atoms. The van der Waals surface area contributed by atoms with Gasteiger partial charge in [0.25, 0.3) is 0 Å². The molecule has 158 valence electrons. The Morgan fingerprint density at radius 2 is 1.71 bits per heavy atom. The van der Waals surface area contributed by atoms with E-state index in [9.17, 15) is 18.0 Å². The predicted molar refractivity (Wildman–Crippen MR) is 107 cm³/mol. The normalized spacial score (nSPS) is 11.4. The second-order valence-corrected chi connectivity index (χ2v) is 6.47. The number of hydrogen-bond acceptors (Lipinski definition) is 5. The molecule has 0 fully saturated rings. The highest BCUT2D eigenvalue weighted by Crippen LogP contribution is 2.24. The lowest BCUT2D eigenvalue weighted by Gasteiger charge is -2.11. The first-order valence-corrected chi connectivity index (χ1v) is 9.00. The van der Waals surface area contributed by atoms with Crippen LogP contribution in [0.3, 0.4) is 0 Å². The summed E-state index contributed by atoms with van der Waals surface area (Å²) in [6, 6.07) is 14.9. The number of urea groups is 1. The van der Waals surface area contributed by atoms with Gasteiger partial charge < -0.3 is 15.4 Å². The van der Waals surface area contributed by atoms with Crippen molar-refractivity contribution in [2.75, 3.05) is 10.6 Å². The molecule has 8 nitrogen and oxygen atoms in total. The number of amides is 2. The molecular weight excluding hydrogens is 413 g/mol. The van der Waals surface area contributed by atoms with Crippen LogP contribution in [0.2, 0.25) is 0 Å². The van der Waals surface area contributed by atoms with E-state index in [1.165, 1.54) is 12.1 Å². The number of carbonyl (C=O) groups excluding carboxylic acids is 1. The molecule has 0 bridgehead atoms. The number of nitrogens with zero attached hydrogens (tertiary/aromatic N) is 4. The minimum atomic E-state index is -4.77. The van der Waals surface area contributed by atoms with Gasteiger partial charge in [-0.2, -0.15) is 9.61 Å². The zero-order valence-corrected chi connectivity index (χ0v) is 16.0. The summed E-state index contributed by atoms with van der Waals surface area (Å²) in [5.74, 6) is 0.274. The summed E-state index contributed by atoms with van der Waals surface area (Å²) < 4.78 is 42.1. The van der Waals surface area contributed by atoms with Gasteiger partial charge in [0, 0.05) is 16.9 Å². The Balaban J connectivity index is 1.44. The van der Waals surface area contributed by atoms with Crippen molar-refractivity contribution >= 4 is 23.1 Å². The maximum Gasteiger partial charge on any atom is 0.573 e. The lowest BCUT2D eigenvalue weighted by Crippen LogP contribution is -2.19. The minimum absolute atomic E-state index is 0.304. The van der Waals surface area contributed by atoms with Crippen LogP contribution in [0.5, 0.6) is 5.75 Å². The number of anilines is 2. The number of aromatic nitrogens is 4. The van der Waals surface area contributed by atoms with Crippen LogP contribution in [-0.4, -0.2) is 32.2 Å². The molecule has 0 aliphatic carbocycles. The van der Waals surface area contributed by atoms with Crippen LogP contribution in [0.25, 0.3) is 16.9 Å². The first kappa shape index (κ1) is 20.1. The van der Waals surface area contributed by atoms with E-state index >= 15 is 0 Å². The van der Waals surface area contributed by atoms with Gasteiger partial charge in [0.05, 0.1) is 5.69 Å². The average Bonchev–Trinajstić information content (AvgIpc) is 3.09. The largest absolute Gasteiger partial charge is 0.573 e. The number of hydrogen-bond donors (Lipinski definition) is 2. The van der Waals surface area contributed by atoms with E-state index in [1.807, 2.05) is 6.07 Å². The zero-order chi connectivity index (χ0) is 22.0. The topological polar surface area (TPSA) is 93.4 Å². The van der Waals surface area contributed by atoms with E-state index in [1.54, 1.807) is 41.8 Å². The Hall–Kier alpha value is -4.15. The van der Waals surface area contributed by atoms with Crippen molar-refractivity contribution in [2.45, 2.75) is 13.3 Å². The fourth-order valence-electron chi connectivity index (χ4n) is 2.84. The molecule has 11 heteroatoms. The Kier molecular flexibility index (Phi) is 5.15. The number of nitrogens with one attached hydrogen (secondary N) is 2. The summed E-state index contributed by atoms with van der Waals surface area (Å²) in [6.07, 6.45) is -4.77. The molecule has 0 aliphatic heterocycles. The standard InChI is InChI=1S/C20H15F3N6O2/c1-12-26-27-18-10-9-17(28-29(12)18)13-3-2-4-15(11-13)25-19(30)24-14-5-7-16(8-6-14)31-20(21,22)23/h2-11H,1H3,(H2,24,25,30). The minimum Gasteiger partial charge on any atom is -0.406 e. The van der Waals surface area contributed by atoms with Crippen LogP contribution < -0.4 is 15.4 Å². The number of aryl methyl sites for hydroxylation is 1. The highest BCUT2D eigenvalue weighted by Gasteiger charge is 2.30. The molecule has 4 aromatic rings. The van der Waals surface area contributed by atoms with E-state index in [-0.39, 0.29) is 5.75 Å². The summed E-state index contributed by atoms with van der Waals surface area (Å²) in [7, 11) is 0.